The van der Waals surface area contributed by atoms with Gasteiger partial charge >= 0.3 is 17.9 Å². The number of carboxylic acids is 1. The molecule has 384 valence electrons. The number of carboxylic acid groups (broad SMARTS) is 1. The van der Waals surface area contributed by atoms with Gasteiger partial charge in [-0.1, -0.05) is 46.8 Å². The molecule has 0 amide bonds. The van der Waals surface area contributed by atoms with Crippen molar-refractivity contribution >= 4 is 27.7 Å². The number of carbonyl (C=O) groups is 3. The number of sulfone groups is 1. The lowest BCUT2D eigenvalue weighted by molar-refractivity contribution is -0.246. The molecule has 67 heavy (non-hydrogen) atoms. The minimum Gasteiger partial charge on any atom is -0.481 e. The minimum absolute atomic E-state index is 0.0744. The van der Waals surface area contributed by atoms with Gasteiger partial charge in [-0.2, -0.15) is 0 Å². The molecular weight excluding hydrogens is 877 g/mol. The van der Waals surface area contributed by atoms with Crippen LogP contribution in [0.25, 0.3) is 0 Å². The Morgan fingerprint density at radius 1 is 0.806 bits per heavy atom. The number of allylic oxidation sites excluding steroid dienone is 1. The fourth-order valence-corrected chi connectivity index (χ4v) is 16.5. The van der Waals surface area contributed by atoms with E-state index >= 15 is 0 Å². The van der Waals surface area contributed by atoms with Crippen LogP contribution in [0.4, 0.5) is 0 Å². The maximum atomic E-state index is 13.2. The Morgan fingerprint density at radius 3 is 2.07 bits per heavy atom. The summed E-state index contributed by atoms with van der Waals surface area (Å²) in [6.45, 7) is 27.9. The topological polar surface area (TPSA) is 176 Å². The number of methoxy groups -OCH3 is 1. The van der Waals surface area contributed by atoms with E-state index in [1.807, 2.05) is 6.92 Å². The van der Waals surface area contributed by atoms with E-state index in [0.717, 1.165) is 64.2 Å². The summed E-state index contributed by atoms with van der Waals surface area (Å²) in [4.78, 5) is 40.5. The van der Waals surface area contributed by atoms with Crippen LogP contribution in [0.2, 0.25) is 0 Å². The molecule has 1 heterocycles. The summed E-state index contributed by atoms with van der Waals surface area (Å²) in [5, 5.41) is 13.9. The largest absolute Gasteiger partial charge is 0.481 e. The summed E-state index contributed by atoms with van der Waals surface area (Å²) in [6, 6.07) is -0.224. The van der Waals surface area contributed by atoms with Gasteiger partial charge < -0.3 is 38.8 Å². The van der Waals surface area contributed by atoms with Gasteiger partial charge in [0.2, 0.25) is 0 Å². The van der Waals surface area contributed by atoms with Crippen molar-refractivity contribution in [2.75, 3.05) is 84.5 Å². The predicted octanol–water partition coefficient (Wildman–Crippen LogP) is 7.13. The van der Waals surface area contributed by atoms with Gasteiger partial charge in [-0.15, -0.1) is 0 Å². The zero-order chi connectivity index (χ0) is 49.2. The van der Waals surface area contributed by atoms with E-state index in [1.54, 1.807) is 21.0 Å². The van der Waals surface area contributed by atoms with Crippen LogP contribution in [0.3, 0.4) is 0 Å². The molecule has 6 rings (SSSR count). The number of hydrogen-bond acceptors (Lipinski definition) is 13. The quantitative estimate of drug-likeness (QED) is 0.0637. The minimum atomic E-state index is -3.13. The summed E-state index contributed by atoms with van der Waals surface area (Å²) < 4.78 is 59.1. The Kier molecular flexibility index (Phi) is 17.2. The van der Waals surface area contributed by atoms with Gasteiger partial charge in [-0.3, -0.25) is 14.5 Å². The average molecular weight is 965 g/mol. The molecule has 5 aliphatic carbocycles. The lowest BCUT2D eigenvalue weighted by atomic mass is 9.32. The van der Waals surface area contributed by atoms with Crippen molar-refractivity contribution in [3.05, 3.63) is 12.2 Å². The second kappa shape index (κ2) is 21.3. The third-order valence-corrected chi connectivity index (χ3v) is 20.8. The molecule has 0 bridgehead atoms. The number of aliphatic carboxylic acids is 1. The van der Waals surface area contributed by atoms with Crippen molar-refractivity contribution in [1.82, 2.24) is 10.2 Å². The third-order valence-electron chi connectivity index (χ3n) is 19.2. The Labute approximate surface area is 403 Å². The van der Waals surface area contributed by atoms with Gasteiger partial charge in [-0.05, 0) is 138 Å². The third kappa shape index (κ3) is 11.2. The first-order valence-electron chi connectivity index (χ1n) is 25.6. The van der Waals surface area contributed by atoms with Crippen molar-refractivity contribution in [3.63, 3.8) is 0 Å². The van der Waals surface area contributed by atoms with Crippen molar-refractivity contribution in [2.24, 2.45) is 56.7 Å². The van der Waals surface area contributed by atoms with Crippen LogP contribution in [0.1, 0.15) is 133 Å². The SMILES string of the molecule is C=C(C)[C@@H]1CC[C@]2(NCC(C(C)OC(=O)COCCOCCOCCOC)N3CCS(=O)(=O)CC3)CC[C@]3(C)[C@H](CC[C@@H]4[C@@]5(C)CC[C@H](OC(=O)CC(C)(C)C(=O)O)C(C)(C)[C@@H]5CC[C@]43C)[C@@H]12. The molecule has 14 nitrogen and oxygen atoms in total. The highest BCUT2D eigenvalue weighted by atomic mass is 32.2. The maximum Gasteiger partial charge on any atom is 0.332 e. The molecule has 1 saturated heterocycles. The predicted molar refractivity (Wildman–Crippen MR) is 257 cm³/mol. The molecule has 0 aromatic rings. The molecule has 5 saturated carbocycles. The van der Waals surface area contributed by atoms with Crippen LogP contribution in [-0.2, 0) is 52.6 Å². The lowest BCUT2D eigenvalue weighted by Gasteiger charge is -2.73. The fourth-order valence-electron chi connectivity index (χ4n) is 15.3. The summed E-state index contributed by atoms with van der Waals surface area (Å²) in [6.07, 6.45) is 9.64. The van der Waals surface area contributed by atoms with Crippen molar-refractivity contribution in [3.8, 4) is 0 Å². The second-order valence-electron chi connectivity index (χ2n) is 23.6. The monoisotopic (exact) mass is 965 g/mol. The Bertz CT molecular complexity index is 1860. The maximum absolute atomic E-state index is 13.2. The molecule has 0 aromatic heterocycles. The van der Waals surface area contributed by atoms with Crippen molar-refractivity contribution in [1.29, 1.82) is 0 Å². The summed E-state index contributed by atoms with van der Waals surface area (Å²) in [5.41, 5.74) is -0.0211. The highest BCUT2D eigenvalue weighted by Crippen LogP contribution is 2.76. The highest BCUT2D eigenvalue weighted by molar-refractivity contribution is 7.91. The number of carbonyl (C=O) groups excluding carboxylic acids is 2. The average Bonchev–Trinajstić information content (AvgIpc) is 3.63. The van der Waals surface area contributed by atoms with Gasteiger partial charge in [-0.25, -0.2) is 13.2 Å². The van der Waals surface area contributed by atoms with E-state index in [-0.39, 0.29) is 70.5 Å². The number of nitrogens with zero attached hydrogens (tertiary/aromatic N) is 1. The summed E-state index contributed by atoms with van der Waals surface area (Å²) in [7, 11) is -1.50. The molecule has 0 aromatic carbocycles. The van der Waals surface area contributed by atoms with Gasteiger partial charge in [0.05, 0.1) is 69.0 Å². The van der Waals surface area contributed by atoms with Crippen molar-refractivity contribution < 1.29 is 56.3 Å². The first-order chi connectivity index (χ1) is 31.4. The molecule has 1 aliphatic heterocycles. The van der Waals surface area contributed by atoms with E-state index < -0.39 is 39.3 Å². The highest BCUT2D eigenvalue weighted by Gasteiger charge is 2.71. The molecule has 0 radical (unpaired) electrons. The van der Waals surface area contributed by atoms with Gasteiger partial charge in [0.1, 0.15) is 18.8 Å². The molecule has 12 atom stereocenters. The molecule has 2 N–H and O–H groups in total. The Morgan fingerprint density at radius 2 is 1.45 bits per heavy atom. The normalized spacial score (nSPS) is 36.6. The molecule has 0 spiro atoms. The van der Waals surface area contributed by atoms with Crippen LogP contribution in [0, 0.1) is 56.7 Å². The first-order valence-corrected chi connectivity index (χ1v) is 27.4. The first kappa shape index (κ1) is 54.2. The summed E-state index contributed by atoms with van der Waals surface area (Å²) >= 11 is 0. The van der Waals surface area contributed by atoms with E-state index in [4.69, 9.17) is 28.4 Å². The van der Waals surface area contributed by atoms with Crippen LogP contribution in [0.5, 0.6) is 0 Å². The second-order valence-corrected chi connectivity index (χ2v) is 26.0. The van der Waals surface area contributed by atoms with E-state index in [2.05, 4.69) is 58.3 Å². The fraction of sp³-hybridized carbons (Fsp3) is 0.904. The van der Waals surface area contributed by atoms with Crippen LogP contribution in [0.15, 0.2) is 12.2 Å². The Hall–Kier alpha value is -2.14. The molecule has 15 heteroatoms. The van der Waals surface area contributed by atoms with Crippen LogP contribution < -0.4 is 5.32 Å². The van der Waals surface area contributed by atoms with Gasteiger partial charge in [0.25, 0.3) is 0 Å². The van der Waals surface area contributed by atoms with E-state index in [0.29, 0.717) is 82.3 Å². The van der Waals surface area contributed by atoms with Crippen LogP contribution >= 0.6 is 0 Å². The van der Waals surface area contributed by atoms with E-state index in [9.17, 15) is 27.9 Å². The lowest BCUT2D eigenvalue weighted by Crippen LogP contribution is -2.69. The van der Waals surface area contributed by atoms with Gasteiger partial charge in [0, 0.05) is 37.7 Å². The van der Waals surface area contributed by atoms with Gasteiger partial charge in [0.15, 0.2) is 9.84 Å². The number of ether oxygens (including phenoxy) is 6. The molecule has 6 aliphatic rings. The van der Waals surface area contributed by atoms with Crippen molar-refractivity contribution in [2.45, 2.75) is 157 Å². The zero-order valence-electron chi connectivity index (χ0n) is 42.9. The molecule has 2 unspecified atom stereocenters. The summed E-state index contributed by atoms with van der Waals surface area (Å²) in [5.74, 6) is 0.458. The van der Waals surface area contributed by atoms with Crippen LogP contribution in [-0.4, -0.2) is 145 Å². The smallest absolute Gasteiger partial charge is 0.332 e. The zero-order valence-corrected chi connectivity index (χ0v) is 43.7. The molecule has 6 fully saturated rings. The van der Waals surface area contributed by atoms with E-state index in [1.165, 1.54) is 5.57 Å². The number of esters is 2. The number of hydrogen-bond donors (Lipinski definition) is 2. The number of rotatable bonds is 22. The standard InChI is InChI=1S/C52H88N2O12S/c1-35(2)37-14-19-52(53-33-39(54-22-30-67(59,60)31-23-54)36(3)65-44(56)34-64-29-28-63-27-26-62-25-24-61-11)21-20-50(9)38(45(37)52)12-13-41-49(8)17-16-42(66-43(55)32-47(4,5)46(57)58)48(6,7)40(49)15-18-51(41,50)10/h36-42,45,53H,1,12-34H2,2-11H3,(H,57,58)/t36?,37-,38+,39?,40-,41+,42-,45+,49-,50+,51+,52-/m0/s1. The number of nitrogens with one attached hydrogen (secondary N) is 1. The Balaban J connectivity index is 1.15. The number of fused-ring (bicyclic) bond motifs is 7. The molecular formula is C52H88N2O12S.